The second kappa shape index (κ2) is 12.0. The Balaban J connectivity index is 0.000000225. The van der Waals surface area contributed by atoms with E-state index < -0.39 is 23.0 Å². The second-order valence-corrected chi connectivity index (χ2v) is 6.85. The molecule has 12 heteroatoms. The van der Waals surface area contributed by atoms with E-state index in [1.165, 1.54) is 34.6 Å². The molecule has 3 aliphatic heterocycles. The number of carboxylic acid groups (broad SMARTS) is 2. The molecular weight excluding hydrogens is 400 g/mol. The Morgan fingerprint density at radius 2 is 1.00 bits per heavy atom. The summed E-state index contributed by atoms with van der Waals surface area (Å²) < 4.78 is 9.94. The van der Waals surface area contributed by atoms with Crippen molar-refractivity contribution in [3.8, 4) is 0 Å². The number of hydrogen-bond donors (Lipinski definition) is 4. The predicted octanol–water partition coefficient (Wildman–Crippen LogP) is -0.983. The van der Waals surface area contributed by atoms with E-state index in [-0.39, 0.29) is 0 Å². The van der Waals surface area contributed by atoms with Crippen molar-refractivity contribution in [3.05, 3.63) is 24.8 Å². The van der Waals surface area contributed by atoms with Gasteiger partial charge in [0.05, 0.1) is 0 Å². The van der Waals surface area contributed by atoms with Gasteiger partial charge >= 0.3 is 11.9 Å². The molecule has 0 spiro atoms. The van der Waals surface area contributed by atoms with Crippen molar-refractivity contribution in [2.75, 3.05) is 26.4 Å². The maximum atomic E-state index is 10.5. The zero-order valence-corrected chi connectivity index (χ0v) is 16.5. The van der Waals surface area contributed by atoms with Crippen LogP contribution in [0.4, 0.5) is 0 Å². The zero-order valence-electron chi connectivity index (χ0n) is 16.5. The Morgan fingerprint density at radius 1 is 0.733 bits per heavy atom. The van der Waals surface area contributed by atoms with Gasteiger partial charge in [-0.25, -0.2) is 0 Å². The molecule has 0 aromatic heterocycles. The molecule has 3 heterocycles. The van der Waals surface area contributed by atoms with E-state index in [9.17, 15) is 19.2 Å². The van der Waals surface area contributed by atoms with Gasteiger partial charge in [0.1, 0.15) is 11.1 Å². The highest BCUT2D eigenvalue weighted by Crippen LogP contribution is 2.17. The average Bonchev–Trinajstić information content (AvgIpc) is 2.75. The lowest BCUT2D eigenvalue weighted by Gasteiger charge is -2.28. The lowest BCUT2D eigenvalue weighted by molar-refractivity contribution is -0.147. The highest BCUT2D eigenvalue weighted by atomic mass is 16.5. The van der Waals surface area contributed by atoms with Crippen LogP contribution in [-0.4, -0.2) is 82.3 Å². The molecule has 3 aliphatic rings. The molecule has 0 aliphatic carbocycles. The van der Waals surface area contributed by atoms with Gasteiger partial charge in [0.25, 0.3) is 0 Å². The fraction of sp³-hybridized carbons (Fsp3) is 0.556. The van der Waals surface area contributed by atoms with E-state index in [1.807, 2.05) is 0 Å². The molecule has 0 unspecified atom stereocenters. The molecule has 0 radical (unpaired) electrons. The van der Waals surface area contributed by atoms with E-state index in [0.717, 1.165) is 0 Å². The molecule has 168 valence electrons. The molecule has 0 atom stereocenters. The zero-order chi connectivity index (χ0) is 22.6. The molecular formula is C18H28N4O8. The van der Waals surface area contributed by atoms with Gasteiger partial charge in [0.15, 0.2) is 0 Å². The summed E-state index contributed by atoms with van der Waals surface area (Å²) in [4.78, 5) is 43.7. The van der Waals surface area contributed by atoms with Crippen molar-refractivity contribution in [2.45, 2.75) is 36.8 Å². The molecule has 0 aromatic rings. The Hall–Kier alpha value is -2.80. The first kappa shape index (κ1) is 25.2. The molecule has 0 saturated carbocycles. The first-order valence-electron chi connectivity index (χ1n) is 9.19. The number of carbonyl (C=O) groups is 4. The number of carbonyl (C=O) groups excluding carboxylic acids is 2. The van der Waals surface area contributed by atoms with Gasteiger partial charge in [-0.3, -0.25) is 29.0 Å². The summed E-state index contributed by atoms with van der Waals surface area (Å²) in [5, 5.41) is 17.2. The number of carboxylic acids is 2. The van der Waals surface area contributed by atoms with Crippen LogP contribution in [0.1, 0.15) is 25.7 Å². The van der Waals surface area contributed by atoms with Gasteiger partial charge in [-0.1, -0.05) is 0 Å². The third-order valence-corrected chi connectivity index (χ3v) is 4.69. The van der Waals surface area contributed by atoms with E-state index in [4.69, 9.17) is 31.2 Å². The fourth-order valence-corrected chi connectivity index (χ4v) is 2.45. The van der Waals surface area contributed by atoms with E-state index in [0.29, 0.717) is 64.9 Å². The molecule has 6 N–H and O–H groups in total. The van der Waals surface area contributed by atoms with Crippen molar-refractivity contribution in [1.82, 2.24) is 9.80 Å². The number of hydrogen-bond acceptors (Lipinski definition) is 8. The Labute approximate surface area is 173 Å². The topological polar surface area (TPSA) is 186 Å². The number of ether oxygens (including phenoxy) is 2. The van der Waals surface area contributed by atoms with Crippen molar-refractivity contribution in [1.29, 1.82) is 0 Å². The van der Waals surface area contributed by atoms with Crippen LogP contribution in [0.5, 0.6) is 0 Å². The van der Waals surface area contributed by atoms with Gasteiger partial charge in [-0.15, -0.1) is 0 Å². The summed E-state index contributed by atoms with van der Waals surface area (Å²) >= 11 is 0. The molecule has 2 fully saturated rings. The van der Waals surface area contributed by atoms with Crippen LogP contribution >= 0.6 is 0 Å². The van der Waals surface area contributed by atoms with Crippen molar-refractivity contribution in [3.63, 3.8) is 0 Å². The fourth-order valence-electron chi connectivity index (χ4n) is 2.45. The first-order chi connectivity index (χ1) is 14.2. The van der Waals surface area contributed by atoms with Gasteiger partial charge in [0, 0.05) is 51.2 Å². The van der Waals surface area contributed by atoms with E-state index in [2.05, 4.69) is 0 Å². The predicted molar refractivity (Wildman–Crippen MR) is 103 cm³/mol. The molecule has 2 amide bonds. The summed E-state index contributed by atoms with van der Waals surface area (Å²) in [6, 6.07) is 0. The normalized spacial score (nSPS) is 21.3. The first-order valence-corrected chi connectivity index (χ1v) is 9.19. The number of nitrogens with two attached hydrogens (primary N) is 2. The van der Waals surface area contributed by atoms with Crippen LogP contribution in [0.25, 0.3) is 0 Å². The van der Waals surface area contributed by atoms with Crippen LogP contribution in [0.2, 0.25) is 0 Å². The number of rotatable bonds is 4. The molecule has 0 bridgehead atoms. The molecule has 2 saturated heterocycles. The summed E-state index contributed by atoms with van der Waals surface area (Å²) in [5.41, 5.74) is 8.99. The summed E-state index contributed by atoms with van der Waals surface area (Å²) in [6.45, 7) is 1.84. The summed E-state index contributed by atoms with van der Waals surface area (Å²) in [5.74, 6) is -1.84. The third kappa shape index (κ3) is 7.91. The quantitative estimate of drug-likeness (QED) is 0.405. The molecule has 12 nitrogen and oxygen atoms in total. The number of aliphatic carboxylic acids is 2. The van der Waals surface area contributed by atoms with Crippen molar-refractivity contribution >= 4 is 24.8 Å². The summed E-state index contributed by atoms with van der Waals surface area (Å²) in [6.07, 6.45) is 8.92. The van der Waals surface area contributed by atoms with Crippen LogP contribution in [0.15, 0.2) is 24.8 Å². The third-order valence-electron chi connectivity index (χ3n) is 4.69. The summed E-state index contributed by atoms with van der Waals surface area (Å²) in [7, 11) is 0. The van der Waals surface area contributed by atoms with Gasteiger partial charge < -0.3 is 31.2 Å². The smallest absolute Gasteiger partial charge is 0.323 e. The van der Waals surface area contributed by atoms with Crippen LogP contribution in [0, 0.1) is 0 Å². The van der Waals surface area contributed by atoms with Crippen molar-refractivity contribution < 1.29 is 38.9 Å². The average molecular weight is 428 g/mol. The Bertz CT molecular complexity index is 587. The van der Waals surface area contributed by atoms with E-state index in [1.54, 1.807) is 0 Å². The standard InChI is InChI=1S/C6H6N2O2.2C6H11NO3/c9-5-7-1-2-8(6-10)4-3-7;2*7-6(5(8)9)1-3-10-4-2-6/h1-6H;2*1-4,7H2,(H,8,9). The molecule has 3 rings (SSSR count). The minimum Gasteiger partial charge on any atom is -0.480 e. The SMILES string of the molecule is NC1(C(=O)O)CCOCC1.NC1(C(=O)O)CCOCC1.O=CN1C=CN(C=O)C=C1. The molecule has 0 aromatic carbocycles. The highest BCUT2D eigenvalue weighted by Gasteiger charge is 2.36. The maximum absolute atomic E-state index is 10.5. The number of nitrogens with zero attached hydrogens (tertiary/aromatic N) is 2. The Morgan fingerprint density at radius 3 is 1.17 bits per heavy atom. The monoisotopic (exact) mass is 428 g/mol. The minimum atomic E-state index is -1.03. The van der Waals surface area contributed by atoms with Crippen LogP contribution in [0.3, 0.4) is 0 Å². The van der Waals surface area contributed by atoms with Crippen LogP contribution < -0.4 is 11.5 Å². The van der Waals surface area contributed by atoms with Crippen molar-refractivity contribution in [2.24, 2.45) is 11.5 Å². The maximum Gasteiger partial charge on any atom is 0.323 e. The molecule has 30 heavy (non-hydrogen) atoms. The van der Waals surface area contributed by atoms with E-state index >= 15 is 0 Å². The highest BCUT2D eigenvalue weighted by molar-refractivity contribution is 5.78. The van der Waals surface area contributed by atoms with Crippen LogP contribution in [-0.2, 0) is 28.7 Å². The minimum absolute atomic E-state index is 0.419. The lowest BCUT2D eigenvalue weighted by atomic mass is 9.92. The number of amides is 2. The lowest BCUT2D eigenvalue weighted by Crippen LogP contribution is -2.51. The second-order valence-electron chi connectivity index (χ2n) is 6.85. The Kier molecular flexibility index (Phi) is 10.1. The van der Waals surface area contributed by atoms with Gasteiger partial charge in [-0.2, -0.15) is 0 Å². The van der Waals surface area contributed by atoms with Gasteiger partial charge in [-0.05, 0) is 25.7 Å². The largest absolute Gasteiger partial charge is 0.480 e. The van der Waals surface area contributed by atoms with Gasteiger partial charge in [0.2, 0.25) is 12.8 Å².